The molecule has 3 aromatic rings. The highest BCUT2D eigenvalue weighted by Crippen LogP contribution is 2.35. The summed E-state index contributed by atoms with van der Waals surface area (Å²) in [4.78, 5) is 26.0. The van der Waals surface area contributed by atoms with Gasteiger partial charge in [-0.3, -0.25) is 14.3 Å². The summed E-state index contributed by atoms with van der Waals surface area (Å²) in [5.74, 6) is 4.73. The number of carbonyl (C=O) groups excluding carboxylic acids is 1. The highest BCUT2D eigenvalue weighted by Gasteiger charge is 2.38. The first kappa shape index (κ1) is 18.5. The van der Waals surface area contributed by atoms with Gasteiger partial charge in [0, 0.05) is 19.8 Å². The quantitative estimate of drug-likeness (QED) is 0.684. The summed E-state index contributed by atoms with van der Waals surface area (Å²) in [5, 5.41) is 19.1. The van der Waals surface area contributed by atoms with Gasteiger partial charge in [0.2, 0.25) is 5.43 Å². The predicted octanol–water partition coefficient (Wildman–Crippen LogP) is 1.43. The van der Waals surface area contributed by atoms with E-state index in [1.165, 1.54) is 9.58 Å². The van der Waals surface area contributed by atoms with Crippen LogP contribution in [0.2, 0.25) is 0 Å². The minimum atomic E-state index is -0.686. The van der Waals surface area contributed by atoms with E-state index in [1.807, 2.05) is 42.6 Å². The predicted molar refractivity (Wildman–Crippen MR) is 106 cm³/mol. The van der Waals surface area contributed by atoms with Gasteiger partial charge in [0.05, 0.1) is 12.2 Å². The monoisotopic (exact) mass is 389 g/mol. The van der Waals surface area contributed by atoms with E-state index in [1.54, 1.807) is 18.7 Å². The molecule has 0 saturated carbocycles. The zero-order chi connectivity index (χ0) is 20.5. The van der Waals surface area contributed by atoms with Crippen molar-refractivity contribution in [3.05, 3.63) is 76.0 Å². The third-order valence-corrected chi connectivity index (χ3v) is 4.96. The van der Waals surface area contributed by atoms with E-state index in [0.717, 1.165) is 11.8 Å². The summed E-state index contributed by atoms with van der Waals surface area (Å²) in [6.07, 6.45) is 2.86. The second kappa shape index (κ2) is 7.28. The molecule has 1 aliphatic rings. The minimum absolute atomic E-state index is 0.113. The first-order valence-electron chi connectivity index (χ1n) is 9.10. The Morgan fingerprint density at radius 3 is 2.69 bits per heavy atom. The zero-order valence-corrected chi connectivity index (χ0v) is 16.0. The van der Waals surface area contributed by atoms with E-state index in [4.69, 9.17) is 0 Å². The lowest BCUT2D eigenvalue weighted by molar-refractivity contribution is 0.0667. The van der Waals surface area contributed by atoms with Gasteiger partial charge in [-0.25, -0.2) is 4.68 Å². The molecule has 2 aromatic heterocycles. The Balaban J connectivity index is 1.92. The summed E-state index contributed by atoms with van der Waals surface area (Å²) >= 11 is 0. The van der Waals surface area contributed by atoms with E-state index in [-0.39, 0.29) is 11.7 Å². The van der Waals surface area contributed by atoms with Gasteiger partial charge in [-0.15, -0.1) is 0 Å². The second-order valence-corrected chi connectivity index (χ2v) is 6.82. The average molecular weight is 389 g/mol. The van der Waals surface area contributed by atoms with Crippen molar-refractivity contribution in [1.29, 1.82) is 0 Å². The van der Waals surface area contributed by atoms with Crippen molar-refractivity contribution in [3.63, 3.8) is 0 Å². The summed E-state index contributed by atoms with van der Waals surface area (Å²) in [6, 6.07) is 10.8. The summed E-state index contributed by atoms with van der Waals surface area (Å²) < 4.78 is 3.22. The van der Waals surface area contributed by atoms with Gasteiger partial charge in [0.15, 0.2) is 11.4 Å². The smallest absolute Gasteiger partial charge is 0.275 e. The van der Waals surface area contributed by atoms with Crippen LogP contribution in [0.1, 0.15) is 40.8 Å². The average Bonchev–Trinajstić information content (AvgIpc) is 3.17. The first-order valence-corrected chi connectivity index (χ1v) is 9.10. The minimum Gasteiger partial charge on any atom is -0.502 e. The normalized spacial score (nSPS) is 16.7. The molecule has 0 bridgehead atoms. The van der Waals surface area contributed by atoms with Crippen LogP contribution in [0.25, 0.3) is 0 Å². The molecular weight excluding hydrogens is 370 g/mol. The maximum atomic E-state index is 12.6. The maximum Gasteiger partial charge on any atom is 0.275 e. The SMILES string of the molecule is CC#Cc1ccn([C@@H](c2ccccc2)[C@@H]2CN(C)C(=O)c3c(O)c(=O)cnn32)n1. The number of nitrogens with zero attached hydrogens (tertiary/aromatic N) is 5. The Hall–Kier alpha value is -3.86. The lowest BCUT2D eigenvalue weighted by Gasteiger charge is -2.37. The molecule has 0 saturated heterocycles. The molecular formula is C21H19N5O3. The lowest BCUT2D eigenvalue weighted by atomic mass is 9.97. The van der Waals surface area contributed by atoms with E-state index < -0.39 is 23.1 Å². The van der Waals surface area contributed by atoms with E-state index >= 15 is 0 Å². The molecule has 0 radical (unpaired) electrons. The van der Waals surface area contributed by atoms with Crippen LogP contribution < -0.4 is 5.43 Å². The highest BCUT2D eigenvalue weighted by molar-refractivity contribution is 5.95. The van der Waals surface area contributed by atoms with E-state index in [9.17, 15) is 14.7 Å². The molecule has 4 rings (SSSR count). The number of benzene rings is 1. The van der Waals surface area contributed by atoms with Gasteiger partial charge >= 0.3 is 0 Å². The standard InChI is InChI=1S/C21H19N5O3/c1-3-7-15-10-11-25(23-15)18(14-8-5-4-6-9-14)16-13-24(2)21(29)19-20(28)17(27)12-22-26(16)19/h4-6,8-12,16,18,28H,13H2,1-2H3/t16-,18-/m0/s1. The molecule has 3 heterocycles. The van der Waals surface area contributed by atoms with Crippen LogP contribution in [0.15, 0.2) is 53.6 Å². The molecule has 0 fully saturated rings. The molecule has 146 valence electrons. The van der Waals surface area contributed by atoms with E-state index in [0.29, 0.717) is 12.2 Å². The zero-order valence-electron chi connectivity index (χ0n) is 16.0. The van der Waals surface area contributed by atoms with E-state index in [2.05, 4.69) is 22.0 Å². The number of aromatic nitrogens is 4. The Bertz CT molecular complexity index is 1190. The summed E-state index contributed by atoms with van der Waals surface area (Å²) in [6.45, 7) is 2.07. The van der Waals surface area contributed by atoms with Crippen molar-refractivity contribution >= 4 is 5.91 Å². The maximum absolute atomic E-state index is 12.6. The second-order valence-electron chi connectivity index (χ2n) is 6.82. The van der Waals surface area contributed by atoms with Crippen molar-refractivity contribution in [2.24, 2.45) is 0 Å². The van der Waals surface area contributed by atoms with Crippen LogP contribution in [0, 0.1) is 11.8 Å². The molecule has 8 nitrogen and oxygen atoms in total. The fourth-order valence-electron chi connectivity index (χ4n) is 3.65. The molecule has 1 amide bonds. The number of carbonyl (C=O) groups is 1. The number of hydrogen-bond acceptors (Lipinski definition) is 5. The van der Waals surface area contributed by atoms with Gasteiger partial charge in [-0.1, -0.05) is 36.3 Å². The molecule has 0 spiro atoms. The molecule has 1 aliphatic heterocycles. The third-order valence-electron chi connectivity index (χ3n) is 4.96. The van der Waals surface area contributed by atoms with Crippen LogP contribution in [0.3, 0.4) is 0 Å². The van der Waals surface area contributed by atoms with Crippen molar-refractivity contribution in [1.82, 2.24) is 24.5 Å². The molecule has 29 heavy (non-hydrogen) atoms. The third kappa shape index (κ3) is 3.17. The topological polar surface area (TPSA) is 93.3 Å². The van der Waals surface area contributed by atoms with Gasteiger partial charge in [-0.05, 0) is 24.5 Å². The Morgan fingerprint density at radius 1 is 1.21 bits per heavy atom. The number of hydrogen-bond donors (Lipinski definition) is 1. The van der Waals surface area contributed by atoms with Crippen LogP contribution in [-0.2, 0) is 0 Å². The van der Waals surface area contributed by atoms with Gasteiger partial charge < -0.3 is 10.0 Å². The fraction of sp³-hybridized carbons (Fsp3) is 0.238. The Kier molecular flexibility index (Phi) is 4.64. The van der Waals surface area contributed by atoms with Crippen molar-refractivity contribution in [2.45, 2.75) is 19.0 Å². The van der Waals surface area contributed by atoms with Crippen molar-refractivity contribution < 1.29 is 9.90 Å². The molecule has 0 aliphatic carbocycles. The van der Waals surface area contributed by atoms with Crippen LogP contribution in [-0.4, -0.2) is 49.1 Å². The highest BCUT2D eigenvalue weighted by atomic mass is 16.3. The van der Waals surface area contributed by atoms with Crippen molar-refractivity contribution in [3.8, 4) is 17.6 Å². The fourth-order valence-corrected chi connectivity index (χ4v) is 3.65. The van der Waals surface area contributed by atoms with Gasteiger partial charge in [-0.2, -0.15) is 10.2 Å². The molecule has 8 heteroatoms. The van der Waals surface area contributed by atoms with Crippen LogP contribution in [0.4, 0.5) is 0 Å². The molecule has 1 aromatic carbocycles. The largest absolute Gasteiger partial charge is 0.502 e. The van der Waals surface area contributed by atoms with Gasteiger partial charge in [0.1, 0.15) is 11.7 Å². The lowest BCUT2D eigenvalue weighted by Crippen LogP contribution is -2.46. The Labute approximate surface area is 167 Å². The van der Waals surface area contributed by atoms with Crippen LogP contribution >= 0.6 is 0 Å². The number of rotatable bonds is 3. The summed E-state index contributed by atoms with van der Waals surface area (Å²) in [5.41, 5.74) is 0.780. The number of fused-ring (bicyclic) bond motifs is 1. The van der Waals surface area contributed by atoms with Crippen LogP contribution in [0.5, 0.6) is 5.75 Å². The Morgan fingerprint density at radius 2 is 1.97 bits per heavy atom. The molecule has 1 N–H and O–H groups in total. The number of amides is 1. The first-order chi connectivity index (χ1) is 14.0. The van der Waals surface area contributed by atoms with Gasteiger partial charge in [0.25, 0.3) is 5.91 Å². The number of aromatic hydroxyl groups is 1. The molecule has 2 atom stereocenters. The summed E-state index contributed by atoms with van der Waals surface area (Å²) in [7, 11) is 1.63. The molecule has 0 unspecified atom stereocenters. The van der Waals surface area contributed by atoms with Crippen molar-refractivity contribution in [2.75, 3.05) is 13.6 Å². The number of likely N-dealkylation sites (N-methyl/N-ethyl adjacent to an activating group) is 1.